The van der Waals surface area contributed by atoms with Crippen molar-refractivity contribution in [2.24, 2.45) is 0 Å². The van der Waals surface area contributed by atoms with E-state index < -0.39 is 17.2 Å². The average molecular weight is 443 g/mol. The molecule has 1 N–H and O–H groups in total. The first-order valence-corrected chi connectivity index (χ1v) is 10.2. The maximum Gasteiger partial charge on any atom is 0.352 e. The van der Waals surface area contributed by atoms with E-state index >= 15 is 0 Å². The third-order valence-corrected chi connectivity index (χ3v) is 5.06. The van der Waals surface area contributed by atoms with Gasteiger partial charge in [-0.3, -0.25) is 14.2 Å². The van der Waals surface area contributed by atoms with Crippen molar-refractivity contribution < 1.29 is 9.53 Å². The van der Waals surface area contributed by atoms with Crippen LogP contribution in [0, 0.1) is 0 Å². The number of methoxy groups -OCH3 is 1. The lowest BCUT2D eigenvalue weighted by Crippen LogP contribution is -2.47. The van der Waals surface area contributed by atoms with Crippen molar-refractivity contribution in [3.63, 3.8) is 0 Å². The van der Waals surface area contributed by atoms with Gasteiger partial charge < -0.3 is 10.1 Å². The first-order valence-electron chi connectivity index (χ1n) is 9.78. The van der Waals surface area contributed by atoms with Gasteiger partial charge in [0.15, 0.2) is 0 Å². The van der Waals surface area contributed by atoms with Crippen LogP contribution in [0.1, 0.15) is 36.3 Å². The molecule has 8 nitrogen and oxygen atoms in total. The molecule has 0 aliphatic rings. The first kappa shape index (κ1) is 22.3. The van der Waals surface area contributed by atoms with Crippen LogP contribution in [0.3, 0.4) is 0 Å². The molecule has 162 valence electrons. The third kappa shape index (κ3) is 5.03. The summed E-state index contributed by atoms with van der Waals surface area (Å²) in [7, 11) is 1.53. The topological polar surface area (TPSA) is 95.2 Å². The predicted octanol–water partition coefficient (Wildman–Crippen LogP) is 2.63. The summed E-state index contributed by atoms with van der Waals surface area (Å²) >= 11 is 5.95. The van der Waals surface area contributed by atoms with Gasteiger partial charge in [0.1, 0.15) is 5.75 Å². The summed E-state index contributed by atoms with van der Waals surface area (Å²) in [6.45, 7) is 3.69. The van der Waals surface area contributed by atoms with Crippen LogP contribution in [-0.2, 0) is 6.54 Å². The van der Waals surface area contributed by atoms with Gasteiger partial charge in [-0.2, -0.15) is 9.78 Å². The van der Waals surface area contributed by atoms with Crippen LogP contribution in [-0.4, -0.2) is 33.4 Å². The largest absolute Gasteiger partial charge is 0.497 e. The fourth-order valence-corrected chi connectivity index (χ4v) is 3.02. The minimum Gasteiger partial charge on any atom is -0.497 e. The number of halogens is 1. The maximum absolute atomic E-state index is 13.2. The molecule has 0 radical (unpaired) electrons. The molecule has 0 saturated carbocycles. The Morgan fingerprint density at radius 2 is 1.90 bits per heavy atom. The van der Waals surface area contributed by atoms with Crippen molar-refractivity contribution in [2.75, 3.05) is 7.11 Å². The molecule has 1 atom stereocenters. The zero-order chi connectivity index (χ0) is 22.5. The molecule has 31 heavy (non-hydrogen) atoms. The van der Waals surface area contributed by atoms with Crippen LogP contribution >= 0.6 is 11.6 Å². The fourth-order valence-electron chi connectivity index (χ4n) is 2.89. The zero-order valence-electron chi connectivity index (χ0n) is 17.5. The predicted molar refractivity (Wildman–Crippen MR) is 118 cm³/mol. The van der Waals surface area contributed by atoms with E-state index in [1.54, 1.807) is 48.5 Å². The first-order chi connectivity index (χ1) is 14.8. The summed E-state index contributed by atoms with van der Waals surface area (Å²) in [4.78, 5) is 39.0. The number of aromatic nitrogens is 3. The highest BCUT2D eigenvalue weighted by molar-refractivity contribution is 6.30. The van der Waals surface area contributed by atoms with Gasteiger partial charge in [-0.25, -0.2) is 4.79 Å². The number of ether oxygens (including phenoxy) is 1. The lowest BCUT2D eigenvalue weighted by atomic mass is 10.2. The quantitative estimate of drug-likeness (QED) is 0.607. The van der Waals surface area contributed by atoms with Gasteiger partial charge in [0, 0.05) is 11.1 Å². The fraction of sp³-hybridized carbons (Fsp3) is 0.273. The van der Waals surface area contributed by atoms with Crippen LogP contribution < -0.4 is 21.3 Å². The van der Waals surface area contributed by atoms with Gasteiger partial charge in [-0.1, -0.05) is 30.7 Å². The Kier molecular flexibility index (Phi) is 6.91. The Bertz CT molecular complexity index is 1200. The van der Waals surface area contributed by atoms with Crippen LogP contribution in [0.25, 0.3) is 5.69 Å². The normalized spacial score (nSPS) is 11.7. The van der Waals surface area contributed by atoms with E-state index in [1.807, 2.05) is 13.8 Å². The molecular formula is C22H23ClN4O4. The maximum atomic E-state index is 13.2. The summed E-state index contributed by atoms with van der Waals surface area (Å²) in [5.74, 6) is -0.0474. The van der Waals surface area contributed by atoms with E-state index in [9.17, 15) is 14.4 Å². The van der Waals surface area contributed by atoms with Crippen LogP contribution in [0.15, 0.2) is 58.1 Å². The van der Waals surface area contributed by atoms with E-state index in [-0.39, 0.29) is 18.3 Å². The highest BCUT2D eigenvalue weighted by atomic mass is 35.5. The van der Waals surface area contributed by atoms with Gasteiger partial charge in [0.25, 0.3) is 11.5 Å². The molecule has 3 aromatic rings. The number of hydrogen-bond acceptors (Lipinski definition) is 5. The Labute approximate surface area is 184 Å². The third-order valence-electron chi connectivity index (χ3n) is 4.81. The minimum atomic E-state index is -0.765. The standard InChI is InChI=1S/C22H23ClN4O4/c1-4-14(2)24-20(28)19-21(29)26(13-15-6-5-7-18(12-15)31-3)22(30)27(25-19)17-10-8-16(23)9-11-17/h5-12,14H,4,13H2,1-3H3,(H,24,28)/t14-/m1/s1. The Balaban J connectivity index is 2.17. The number of amides is 1. The number of nitrogens with one attached hydrogen (secondary N) is 1. The molecule has 1 aromatic heterocycles. The molecule has 0 unspecified atom stereocenters. The van der Waals surface area contributed by atoms with E-state index in [1.165, 1.54) is 7.11 Å². The smallest absolute Gasteiger partial charge is 0.352 e. The molecule has 0 aliphatic heterocycles. The molecule has 0 saturated heterocycles. The van der Waals surface area contributed by atoms with Crippen molar-refractivity contribution >= 4 is 17.5 Å². The highest BCUT2D eigenvalue weighted by Crippen LogP contribution is 2.14. The molecule has 2 aromatic carbocycles. The number of hydrogen-bond donors (Lipinski definition) is 1. The van der Waals surface area contributed by atoms with Gasteiger partial charge in [0.05, 0.1) is 19.3 Å². The molecule has 1 amide bonds. The van der Waals surface area contributed by atoms with E-state index in [4.69, 9.17) is 16.3 Å². The number of rotatable bonds is 7. The molecule has 0 aliphatic carbocycles. The van der Waals surface area contributed by atoms with Crippen LogP contribution in [0.5, 0.6) is 5.75 Å². The molecule has 1 heterocycles. The second-order valence-corrected chi connectivity index (χ2v) is 7.48. The number of carbonyl (C=O) groups is 1. The van der Waals surface area contributed by atoms with Crippen LogP contribution in [0.4, 0.5) is 0 Å². The lowest BCUT2D eigenvalue weighted by Gasteiger charge is -2.14. The molecule has 9 heteroatoms. The lowest BCUT2D eigenvalue weighted by molar-refractivity contribution is 0.0929. The van der Waals surface area contributed by atoms with Gasteiger partial charge >= 0.3 is 5.69 Å². The Morgan fingerprint density at radius 3 is 2.55 bits per heavy atom. The van der Waals surface area contributed by atoms with E-state index in [0.717, 1.165) is 9.25 Å². The van der Waals surface area contributed by atoms with E-state index in [2.05, 4.69) is 10.4 Å². The summed E-state index contributed by atoms with van der Waals surface area (Å²) in [6.07, 6.45) is 0.681. The number of carbonyl (C=O) groups excluding carboxylic acids is 1. The molecular weight excluding hydrogens is 420 g/mol. The SMILES string of the molecule is CC[C@@H](C)NC(=O)c1nn(-c2ccc(Cl)cc2)c(=O)n(Cc2cccc(OC)c2)c1=O. The van der Waals surface area contributed by atoms with E-state index in [0.29, 0.717) is 28.4 Å². The molecule has 0 spiro atoms. The molecule has 0 bridgehead atoms. The second kappa shape index (κ2) is 9.61. The average Bonchev–Trinajstić information content (AvgIpc) is 2.77. The van der Waals surface area contributed by atoms with Crippen molar-refractivity contribution in [3.8, 4) is 11.4 Å². The molecule has 3 rings (SSSR count). The monoisotopic (exact) mass is 442 g/mol. The zero-order valence-corrected chi connectivity index (χ0v) is 18.2. The summed E-state index contributed by atoms with van der Waals surface area (Å²) in [5, 5.41) is 7.30. The second-order valence-electron chi connectivity index (χ2n) is 7.04. The van der Waals surface area contributed by atoms with Crippen molar-refractivity contribution in [1.29, 1.82) is 0 Å². The van der Waals surface area contributed by atoms with Gasteiger partial charge in [-0.15, -0.1) is 0 Å². The van der Waals surface area contributed by atoms with Crippen molar-refractivity contribution in [1.82, 2.24) is 19.7 Å². The highest BCUT2D eigenvalue weighted by Gasteiger charge is 2.21. The summed E-state index contributed by atoms with van der Waals surface area (Å²) in [6, 6.07) is 13.2. The Hall–Kier alpha value is -3.39. The minimum absolute atomic E-state index is 0.0470. The summed E-state index contributed by atoms with van der Waals surface area (Å²) in [5.41, 5.74) is -0.751. The number of benzene rings is 2. The van der Waals surface area contributed by atoms with Gasteiger partial charge in [0.2, 0.25) is 5.69 Å². The number of nitrogens with zero attached hydrogens (tertiary/aromatic N) is 3. The van der Waals surface area contributed by atoms with Crippen molar-refractivity contribution in [3.05, 3.63) is 85.6 Å². The molecule has 0 fully saturated rings. The Morgan fingerprint density at radius 1 is 1.19 bits per heavy atom. The summed E-state index contributed by atoms with van der Waals surface area (Å²) < 4.78 is 7.23. The van der Waals surface area contributed by atoms with Gasteiger partial charge in [-0.05, 0) is 55.3 Å². The van der Waals surface area contributed by atoms with Crippen LogP contribution in [0.2, 0.25) is 5.02 Å². The van der Waals surface area contributed by atoms with Crippen molar-refractivity contribution in [2.45, 2.75) is 32.9 Å².